The van der Waals surface area contributed by atoms with Crippen LogP contribution in [0.3, 0.4) is 0 Å². The first-order valence-corrected chi connectivity index (χ1v) is 3.05. The fourth-order valence-corrected chi connectivity index (χ4v) is 0.594. The average molecular weight is 133 g/mol. The highest BCUT2D eigenvalue weighted by Gasteiger charge is 1.81. The number of aromatic amines is 1. The van der Waals surface area contributed by atoms with Crippen molar-refractivity contribution in [1.29, 1.82) is 0 Å². The minimum absolute atomic E-state index is 0.859. The van der Waals surface area contributed by atoms with E-state index in [9.17, 15) is 0 Å². The minimum atomic E-state index is 0.859. The van der Waals surface area contributed by atoms with Gasteiger partial charge in [-0.15, -0.1) is 0 Å². The zero-order valence-corrected chi connectivity index (χ0v) is 5.62. The van der Waals surface area contributed by atoms with E-state index in [0.717, 1.165) is 5.82 Å². The molecular weight excluding hydrogens is 124 g/mol. The van der Waals surface area contributed by atoms with E-state index in [-0.39, 0.29) is 0 Å². The van der Waals surface area contributed by atoms with Crippen molar-refractivity contribution in [3.8, 4) is 0 Å². The number of aromatic nitrogens is 2. The second-order valence-corrected chi connectivity index (χ2v) is 1.76. The van der Waals surface area contributed by atoms with Gasteiger partial charge < -0.3 is 4.98 Å². The molecule has 0 aliphatic heterocycles. The van der Waals surface area contributed by atoms with Gasteiger partial charge in [-0.25, -0.2) is 4.98 Å². The molecule has 0 bridgehead atoms. The number of imidazole rings is 1. The van der Waals surface area contributed by atoms with Crippen LogP contribution in [0.4, 0.5) is 0 Å². The Labute approximate surface area is 60.3 Å². The van der Waals surface area contributed by atoms with E-state index in [0.29, 0.717) is 0 Å². The maximum Gasteiger partial charge on any atom is 0.129 e. The molecular formula is C8H9N2. The highest BCUT2D eigenvalue weighted by atomic mass is 14.9. The molecule has 1 aromatic rings. The summed E-state index contributed by atoms with van der Waals surface area (Å²) in [6.45, 7) is 3.54. The Bertz CT molecular complexity index is 219. The molecule has 0 unspecified atom stereocenters. The first kappa shape index (κ1) is 6.81. The fourth-order valence-electron chi connectivity index (χ4n) is 0.594. The van der Waals surface area contributed by atoms with Gasteiger partial charge in [0.25, 0.3) is 0 Å². The number of nitrogens with one attached hydrogen (secondary N) is 1. The lowest BCUT2D eigenvalue weighted by Gasteiger charge is -1.78. The standard InChI is InChI=1S/C8H9N2/c1-2-3-4-5-8-9-6-7-10-8/h2-7H,1H2,(H,9,10). The zero-order chi connectivity index (χ0) is 7.23. The molecule has 0 spiro atoms. The van der Waals surface area contributed by atoms with Crippen LogP contribution in [0, 0.1) is 6.92 Å². The summed E-state index contributed by atoms with van der Waals surface area (Å²) in [6, 6.07) is 0. The lowest BCUT2D eigenvalue weighted by molar-refractivity contribution is 1.26. The van der Waals surface area contributed by atoms with Crippen molar-refractivity contribution in [2.75, 3.05) is 0 Å². The van der Waals surface area contributed by atoms with Crippen LogP contribution in [0.2, 0.25) is 0 Å². The average Bonchev–Trinajstić information content (AvgIpc) is 2.41. The van der Waals surface area contributed by atoms with Crippen molar-refractivity contribution in [3.63, 3.8) is 0 Å². The maximum atomic E-state index is 3.99. The van der Waals surface area contributed by atoms with Gasteiger partial charge in [0.05, 0.1) is 0 Å². The van der Waals surface area contributed by atoms with Crippen molar-refractivity contribution in [2.24, 2.45) is 0 Å². The van der Waals surface area contributed by atoms with Crippen LogP contribution >= 0.6 is 0 Å². The van der Waals surface area contributed by atoms with Crippen molar-refractivity contribution in [3.05, 3.63) is 43.4 Å². The molecule has 1 rings (SSSR count). The summed E-state index contributed by atoms with van der Waals surface area (Å²) in [6.07, 6.45) is 10.8. The monoisotopic (exact) mass is 133 g/mol. The normalized spacial score (nSPS) is 11.7. The number of rotatable bonds is 2. The summed E-state index contributed by atoms with van der Waals surface area (Å²) in [5.74, 6) is 0.859. The molecule has 10 heavy (non-hydrogen) atoms. The van der Waals surface area contributed by atoms with Crippen LogP contribution in [0.15, 0.2) is 30.6 Å². The second kappa shape index (κ2) is 3.67. The van der Waals surface area contributed by atoms with Gasteiger partial charge in [0, 0.05) is 12.4 Å². The van der Waals surface area contributed by atoms with Gasteiger partial charge in [0.2, 0.25) is 0 Å². The molecule has 0 amide bonds. The summed E-state index contributed by atoms with van der Waals surface area (Å²) >= 11 is 0. The lowest BCUT2D eigenvalue weighted by atomic mass is 10.4. The first-order chi connectivity index (χ1) is 4.93. The topological polar surface area (TPSA) is 28.7 Å². The van der Waals surface area contributed by atoms with E-state index in [1.165, 1.54) is 0 Å². The summed E-state index contributed by atoms with van der Waals surface area (Å²) in [5, 5.41) is 0. The van der Waals surface area contributed by atoms with Crippen LogP contribution in [-0.4, -0.2) is 9.97 Å². The van der Waals surface area contributed by atoms with E-state index in [1.807, 2.05) is 18.2 Å². The highest BCUT2D eigenvalue weighted by Crippen LogP contribution is 1.91. The summed E-state index contributed by atoms with van der Waals surface area (Å²) < 4.78 is 0. The number of nitrogens with zero attached hydrogens (tertiary/aromatic N) is 1. The fraction of sp³-hybridized carbons (Fsp3) is 0. The van der Waals surface area contributed by atoms with E-state index in [2.05, 4.69) is 16.9 Å². The van der Waals surface area contributed by atoms with Gasteiger partial charge in [-0.2, -0.15) is 0 Å². The Kier molecular flexibility index (Phi) is 2.49. The lowest BCUT2D eigenvalue weighted by Crippen LogP contribution is -1.70. The van der Waals surface area contributed by atoms with Crippen molar-refractivity contribution in [1.82, 2.24) is 9.97 Å². The predicted octanol–water partition coefficient (Wildman–Crippen LogP) is 1.81. The Morgan fingerprint density at radius 2 is 2.40 bits per heavy atom. The van der Waals surface area contributed by atoms with Crippen LogP contribution in [0.25, 0.3) is 6.08 Å². The van der Waals surface area contributed by atoms with E-state index < -0.39 is 0 Å². The largest absolute Gasteiger partial charge is 0.345 e. The van der Waals surface area contributed by atoms with Crippen LogP contribution < -0.4 is 0 Å². The minimum Gasteiger partial charge on any atom is -0.345 e. The third-order valence-corrected chi connectivity index (χ3v) is 1.02. The molecule has 2 nitrogen and oxygen atoms in total. The summed E-state index contributed by atoms with van der Waals surface area (Å²) in [4.78, 5) is 6.94. The molecule has 2 heteroatoms. The zero-order valence-electron chi connectivity index (χ0n) is 5.62. The van der Waals surface area contributed by atoms with Crippen LogP contribution in [-0.2, 0) is 0 Å². The number of hydrogen-bond acceptors (Lipinski definition) is 1. The molecule has 1 heterocycles. The van der Waals surface area contributed by atoms with Gasteiger partial charge in [0.15, 0.2) is 0 Å². The third kappa shape index (κ3) is 1.90. The molecule has 1 aromatic heterocycles. The Morgan fingerprint density at radius 1 is 1.50 bits per heavy atom. The molecule has 0 aliphatic rings. The Balaban J connectivity index is 2.55. The Hall–Kier alpha value is -1.31. The number of allylic oxidation sites excluding steroid dienone is 3. The van der Waals surface area contributed by atoms with Crippen LogP contribution in [0.1, 0.15) is 5.82 Å². The van der Waals surface area contributed by atoms with Crippen molar-refractivity contribution in [2.45, 2.75) is 0 Å². The summed E-state index contributed by atoms with van der Waals surface area (Å²) in [5.41, 5.74) is 0. The van der Waals surface area contributed by atoms with Gasteiger partial charge in [-0.05, 0) is 13.0 Å². The molecule has 1 radical (unpaired) electrons. The quantitative estimate of drug-likeness (QED) is 0.612. The van der Waals surface area contributed by atoms with Crippen molar-refractivity contribution >= 4 is 6.08 Å². The summed E-state index contributed by atoms with van der Waals surface area (Å²) in [7, 11) is 0. The highest BCUT2D eigenvalue weighted by molar-refractivity contribution is 5.42. The predicted molar refractivity (Wildman–Crippen MR) is 42.1 cm³/mol. The first-order valence-electron chi connectivity index (χ1n) is 3.05. The van der Waals surface area contributed by atoms with E-state index in [4.69, 9.17) is 0 Å². The van der Waals surface area contributed by atoms with Crippen molar-refractivity contribution < 1.29 is 0 Å². The van der Waals surface area contributed by atoms with Gasteiger partial charge >= 0.3 is 0 Å². The van der Waals surface area contributed by atoms with Gasteiger partial charge in [-0.3, -0.25) is 0 Å². The number of hydrogen-bond donors (Lipinski definition) is 1. The molecule has 0 saturated carbocycles. The van der Waals surface area contributed by atoms with E-state index >= 15 is 0 Å². The van der Waals surface area contributed by atoms with Gasteiger partial charge in [0.1, 0.15) is 5.82 Å². The SMILES string of the molecule is [CH2]C=CC=Cc1ncc[nH]1. The molecule has 0 fully saturated rings. The second-order valence-electron chi connectivity index (χ2n) is 1.76. The molecule has 51 valence electrons. The molecule has 0 aliphatic carbocycles. The molecule has 0 atom stereocenters. The Morgan fingerprint density at radius 3 is 3.00 bits per heavy atom. The molecule has 0 saturated heterocycles. The smallest absolute Gasteiger partial charge is 0.129 e. The van der Waals surface area contributed by atoms with Crippen LogP contribution in [0.5, 0.6) is 0 Å². The molecule has 0 aromatic carbocycles. The van der Waals surface area contributed by atoms with E-state index in [1.54, 1.807) is 18.5 Å². The maximum absolute atomic E-state index is 3.99. The molecule has 1 N–H and O–H groups in total. The third-order valence-electron chi connectivity index (χ3n) is 1.02. The van der Waals surface area contributed by atoms with Gasteiger partial charge in [-0.1, -0.05) is 18.2 Å². The number of H-pyrrole nitrogens is 1.